The van der Waals surface area contributed by atoms with Crippen molar-refractivity contribution in [3.63, 3.8) is 0 Å². The van der Waals surface area contributed by atoms with Crippen LogP contribution in [0.4, 0.5) is 0 Å². The van der Waals surface area contributed by atoms with Crippen LogP contribution in [0.2, 0.25) is 0 Å². The molecular formula is C16H26ClN3O4S. The zero-order chi connectivity index (χ0) is 17.6. The molecule has 1 amide bonds. The molecule has 0 spiro atoms. The smallest absolute Gasteiger partial charge is 0.243 e. The Morgan fingerprint density at radius 3 is 2.60 bits per heavy atom. The van der Waals surface area contributed by atoms with E-state index < -0.39 is 10.0 Å². The molecule has 0 bridgehead atoms. The van der Waals surface area contributed by atoms with Gasteiger partial charge in [-0.1, -0.05) is 6.42 Å². The lowest BCUT2D eigenvalue weighted by atomic mass is 10.1. The van der Waals surface area contributed by atoms with E-state index in [1.54, 1.807) is 24.3 Å². The standard InChI is InChI=1S/C16H25N3O4S.ClH/c1-23-14-5-7-15(8-6-14)24(21,22)19-11-3-2-4-13(19)12-18-16(20)9-10-17;/h5-8,13H,2-4,9-12,17H2,1H3,(H,18,20);1H. The Balaban J connectivity index is 0.00000312. The summed E-state index contributed by atoms with van der Waals surface area (Å²) in [6.07, 6.45) is 2.75. The minimum absolute atomic E-state index is 0. The van der Waals surface area contributed by atoms with Crippen molar-refractivity contribution in [1.82, 2.24) is 9.62 Å². The van der Waals surface area contributed by atoms with Crippen LogP contribution in [0.1, 0.15) is 25.7 Å². The fraction of sp³-hybridized carbons (Fsp3) is 0.562. The minimum atomic E-state index is -3.59. The quantitative estimate of drug-likeness (QED) is 0.725. The second kappa shape index (κ2) is 9.96. The molecule has 0 radical (unpaired) electrons. The first-order valence-corrected chi connectivity index (χ1v) is 9.55. The van der Waals surface area contributed by atoms with Crippen molar-refractivity contribution in [3.8, 4) is 5.75 Å². The number of halogens is 1. The summed E-state index contributed by atoms with van der Waals surface area (Å²) in [5.74, 6) is 0.461. The van der Waals surface area contributed by atoms with Crippen molar-refractivity contribution < 1.29 is 17.9 Å². The maximum absolute atomic E-state index is 12.9. The van der Waals surface area contributed by atoms with E-state index in [0.717, 1.165) is 19.3 Å². The first-order valence-electron chi connectivity index (χ1n) is 8.11. The lowest BCUT2D eigenvalue weighted by Gasteiger charge is -2.34. The molecule has 9 heteroatoms. The van der Waals surface area contributed by atoms with Gasteiger partial charge in [-0.15, -0.1) is 12.4 Å². The van der Waals surface area contributed by atoms with E-state index in [-0.39, 0.29) is 42.2 Å². The van der Waals surface area contributed by atoms with Gasteiger partial charge in [0.15, 0.2) is 0 Å². The van der Waals surface area contributed by atoms with Gasteiger partial charge in [-0.2, -0.15) is 4.31 Å². The molecule has 3 N–H and O–H groups in total. The number of benzene rings is 1. The Morgan fingerprint density at radius 1 is 1.32 bits per heavy atom. The number of sulfonamides is 1. The van der Waals surface area contributed by atoms with Crippen molar-refractivity contribution in [2.45, 2.75) is 36.6 Å². The molecule has 1 aliphatic rings. The molecule has 1 aromatic rings. The molecule has 2 rings (SSSR count). The Labute approximate surface area is 155 Å². The Kier molecular flexibility index (Phi) is 8.64. The van der Waals surface area contributed by atoms with Crippen molar-refractivity contribution in [2.75, 3.05) is 26.7 Å². The summed E-state index contributed by atoms with van der Waals surface area (Å²) in [5, 5.41) is 2.78. The number of carbonyl (C=O) groups excluding carboxylic acids is 1. The lowest BCUT2D eigenvalue weighted by Crippen LogP contribution is -2.49. The highest BCUT2D eigenvalue weighted by molar-refractivity contribution is 7.89. The first kappa shape index (κ1) is 21.7. The molecule has 7 nitrogen and oxygen atoms in total. The van der Waals surface area contributed by atoms with Crippen LogP contribution >= 0.6 is 12.4 Å². The van der Waals surface area contributed by atoms with Gasteiger partial charge in [0.1, 0.15) is 5.75 Å². The molecule has 142 valence electrons. The fourth-order valence-electron chi connectivity index (χ4n) is 2.83. The highest BCUT2D eigenvalue weighted by atomic mass is 35.5. The number of hydrogen-bond acceptors (Lipinski definition) is 5. The number of nitrogens with one attached hydrogen (secondary N) is 1. The van der Waals surface area contributed by atoms with E-state index in [0.29, 0.717) is 18.8 Å². The zero-order valence-electron chi connectivity index (χ0n) is 14.3. The Morgan fingerprint density at radius 2 is 2.00 bits per heavy atom. The lowest BCUT2D eigenvalue weighted by molar-refractivity contribution is -0.121. The molecule has 1 atom stereocenters. The summed E-state index contributed by atoms with van der Waals surface area (Å²) in [6, 6.07) is 6.14. The Bertz CT molecular complexity index is 652. The van der Waals surface area contributed by atoms with Crippen LogP contribution < -0.4 is 15.8 Å². The van der Waals surface area contributed by atoms with E-state index in [1.165, 1.54) is 11.4 Å². The van der Waals surface area contributed by atoms with Gasteiger partial charge in [0.2, 0.25) is 15.9 Å². The van der Waals surface area contributed by atoms with Gasteiger partial charge in [0, 0.05) is 32.1 Å². The van der Waals surface area contributed by atoms with E-state index >= 15 is 0 Å². The number of hydrogen-bond donors (Lipinski definition) is 2. The molecule has 0 aliphatic carbocycles. The number of carbonyl (C=O) groups is 1. The average molecular weight is 392 g/mol. The minimum Gasteiger partial charge on any atom is -0.497 e. The van der Waals surface area contributed by atoms with Gasteiger partial charge in [-0.3, -0.25) is 4.79 Å². The molecule has 1 unspecified atom stereocenters. The number of ether oxygens (including phenoxy) is 1. The molecule has 0 saturated carbocycles. The third kappa shape index (κ3) is 5.57. The maximum atomic E-state index is 12.9. The highest BCUT2D eigenvalue weighted by Crippen LogP contribution is 2.26. The predicted molar refractivity (Wildman–Crippen MR) is 98.5 cm³/mol. The van der Waals surface area contributed by atoms with Crippen molar-refractivity contribution in [3.05, 3.63) is 24.3 Å². The number of rotatable bonds is 7. The molecule has 1 aliphatic heterocycles. The number of piperidine rings is 1. The monoisotopic (exact) mass is 391 g/mol. The number of nitrogens with two attached hydrogens (primary N) is 1. The summed E-state index contributed by atoms with van der Waals surface area (Å²) in [4.78, 5) is 11.8. The van der Waals surface area contributed by atoms with Crippen LogP contribution in [0.15, 0.2) is 29.2 Å². The van der Waals surface area contributed by atoms with Crippen molar-refractivity contribution in [2.24, 2.45) is 5.73 Å². The van der Waals surface area contributed by atoms with Gasteiger partial charge in [-0.25, -0.2) is 8.42 Å². The molecule has 1 fully saturated rings. The van der Waals surface area contributed by atoms with E-state index in [1.807, 2.05) is 0 Å². The summed E-state index contributed by atoms with van der Waals surface area (Å²) < 4.78 is 32.4. The largest absolute Gasteiger partial charge is 0.497 e. The van der Waals surface area contributed by atoms with Gasteiger partial charge in [-0.05, 0) is 37.1 Å². The second-order valence-electron chi connectivity index (χ2n) is 5.78. The summed E-state index contributed by atoms with van der Waals surface area (Å²) in [6.45, 7) is 1.06. The first-order chi connectivity index (χ1) is 11.5. The Hall–Kier alpha value is -1.35. The van der Waals surface area contributed by atoms with Crippen molar-refractivity contribution >= 4 is 28.3 Å². The third-order valence-corrected chi connectivity index (χ3v) is 6.11. The van der Waals surface area contributed by atoms with E-state index in [9.17, 15) is 13.2 Å². The number of methoxy groups -OCH3 is 1. The van der Waals surface area contributed by atoms with Crippen LogP contribution in [-0.4, -0.2) is 51.4 Å². The fourth-order valence-corrected chi connectivity index (χ4v) is 4.52. The summed E-state index contributed by atoms with van der Waals surface area (Å²) in [7, 11) is -2.06. The van der Waals surface area contributed by atoms with Crippen LogP contribution in [-0.2, 0) is 14.8 Å². The highest BCUT2D eigenvalue weighted by Gasteiger charge is 2.33. The van der Waals surface area contributed by atoms with E-state index in [4.69, 9.17) is 10.5 Å². The van der Waals surface area contributed by atoms with Crippen molar-refractivity contribution in [1.29, 1.82) is 0 Å². The van der Waals surface area contributed by atoms with Gasteiger partial charge >= 0.3 is 0 Å². The topological polar surface area (TPSA) is 102 Å². The molecule has 1 saturated heterocycles. The maximum Gasteiger partial charge on any atom is 0.243 e. The number of nitrogens with zero attached hydrogens (tertiary/aromatic N) is 1. The van der Waals surface area contributed by atoms with Crippen LogP contribution in [0, 0.1) is 0 Å². The van der Waals surface area contributed by atoms with Gasteiger partial charge in [0.25, 0.3) is 0 Å². The molecule has 1 heterocycles. The van der Waals surface area contributed by atoms with Gasteiger partial charge in [0.05, 0.1) is 12.0 Å². The normalized spacial score (nSPS) is 18.2. The third-order valence-electron chi connectivity index (χ3n) is 4.15. The molecule has 0 aromatic heterocycles. The SMILES string of the molecule is COc1ccc(S(=O)(=O)N2CCCCC2CNC(=O)CCN)cc1.Cl. The zero-order valence-corrected chi connectivity index (χ0v) is 15.9. The van der Waals surface area contributed by atoms with Crippen LogP contribution in [0.3, 0.4) is 0 Å². The predicted octanol–water partition coefficient (Wildman–Crippen LogP) is 1.13. The summed E-state index contributed by atoms with van der Waals surface area (Å²) in [5.41, 5.74) is 5.36. The summed E-state index contributed by atoms with van der Waals surface area (Å²) >= 11 is 0. The van der Waals surface area contributed by atoms with Crippen LogP contribution in [0.25, 0.3) is 0 Å². The average Bonchev–Trinajstić information content (AvgIpc) is 2.60. The van der Waals surface area contributed by atoms with Crippen LogP contribution in [0.5, 0.6) is 5.75 Å². The number of amides is 1. The molecular weight excluding hydrogens is 366 g/mol. The van der Waals surface area contributed by atoms with E-state index in [2.05, 4.69) is 5.32 Å². The molecule has 1 aromatic carbocycles. The van der Waals surface area contributed by atoms with Gasteiger partial charge < -0.3 is 15.8 Å². The second-order valence-corrected chi connectivity index (χ2v) is 7.67. The molecule has 25 heavy (non-hydrogen) atoms.